The van der Waals surface area contributed by atoms with Crippen molar-refractivity contribution in [2.24, 2.45) is 5.41 Å². The summed E-state index contributed by atoms with van der Waals surface area (Å²) in [5, 5.41) is 14.5. The number of hydrogen-bond donors (Lipinski definition) is 3. The monoisotopic (exact) mass is 288 g/mol. The molecular formula is C16H20N2O3. The van der Waals surface area contributed by atoms with E-state index in [0.29, 0.717) is 12.1 Å². The number of aliphatic hydroxyl groups excluding tert-OH is 1. The lowest BCUT2D eigenvalue weighted by Crippen LogP contribution is -2.30. The van der Waals surface area contributed by atoms with E-state index in [4.69, 9.17) is 5.11 Å². The molecule has 0 saturated heterocycles. The SMILES string of the molecule is CNC(=O)c1ccc(/C=C/C(=O)NCC2(CO)CC2)cc1. The van der Waals surface area contributed by atoms with E-state index in [2.05, 4.69) is 10.6 Å². The van der Waals surface area contributed by atoms with Crippen LogP contribution in [0.2, 0.25) is 0 Å². The smallest absolute Gasteiger partial charge is 0.251 e. The van der Waals surface area contributed by atoms with Gasteiger partial charge in [-0.2, -0.15) is 0 Å². The molecule has 3 N–H and O–H groups in total. The van der Waals surface area contributed by atoms with Crippen LogP contribution in [-0.2, 0) is 4.79 Å². The van der Waals surface area contributed by atoms with Crippen LogP contribution in [0.4, 0.5) is 0 Å². The van der Waals surface area contributed by atoms with Gasteiger partial charge >= 0.3 is 0 Å². The molecule has 1 fully saturated rings. The summed E-state index contributed by atoms with van der Waals surface area (Å²) in [6, 6.07) is 6.98. The molecule has 0 radical (unpaired) electrons. The fraction of sp³-hybridized carbons (Fsp3) is 0.375. The van der Waals surface area contributed by atoms with Gasteiger partial charge < -0.3 is 15.7 Å². The van der Waals surface area contributed by atoms with Crippen LogP contribution in [0.1, 0.15) is 28.8 Å². The highest BCUT2D eigenvalue weighted by molar-refractivity contribution is 5.94. The van der Waals surface area contributed by atoms with E-state index in [1.165, 1.54) is 6.08 Å². The second kappa shape index (κ2) is 6.54. The standard InChI is InChI=1S/C16H20N2O3/c1-17-15(21)13-5-2-12(3-6-13)4-7-14(20)18-10-16(11-19)8-9-16/h2-7,19H,8-11H2,1H3,(H,17,21)(H,18,20)/b7-4+. The van der Waals surface area contributed by atoms with Crippen molar-refractivity contribution < 1.29 is 14.7 Å². The fourth-order valence-corrected chi connectivity index (χ4v) is 1.96. The van der Waals surface area contributed by atoms with Gasteiger partial charge in [0.05, 0.1) is 6.61 Å². The lowest BCUT2D eigenvalue weighted by molar-refractivity contribution is -0.116. The molecule has 21 heavy (non-hydrogen) atoms. The lowest BCUT2D eigenvalue weighted by atomic mass is 10.1. The summed E-state index contributed by atoms with van der Waals surface area (Å²) >= 11 is 0. The molecule has 1 aliphatic carbocycles. The zero-order valence-electron chi connectivity index (χ0n) is 12.1. The Morgan fingerprint density at radius 1 is 1.29 bits per heavy atom. The second-order valence-electron chi connectivity index (χ2n) is 5.41. The number of benzene rings is 1. The van der Waals surface area contributed by atoms with E-state index in [-0.39, 0.29) is 23.8 Å². The fourth-order valence-electron chi connectivity index (χ4n) is 1.96. The van der Waals surface area contributed by atoms with E-state index in [1.54, 1.807) is 37.4 Å². The van der Waals surface area contributed by atoms with Crippen molar-refractivity contribution in [1.82, 2.24) is 10.6 Å². The molecule has 0 aromatic heterocycles. The first kappa shape index (κ1) is 15.3. The van der Waals surface area contributed by atoms with Gasteiger partial charge in [0.25, 0.3) is 5.91 Å². The summed E-state index contributed by atoms with van der Waals surface area (Å²) in [7, 11) is 1.58. The molecule has 0 aliphatic heterocycles. The van der Waals surface area contributed by atoms with E-state index in [9.17, 15) is 9.59 Å². The lowest BCUT2D eigenvalue weighted by Gasteiger charge is -2.11. The van der Waals surface area contributed by atoms with Crippen molar-refractivity contribution in [2.75, 3.05) is 20.2 Å². The van der Waals surface area contributed by atoms with Crippen LogP contribution in [0.5, 0.6) is 0 Å². The number of amides is 2. The first-order valence-corrected chi connectivity index (χ1v) is 6.97. The van der Waals surface area contributed by atoms with E-state index >= 15 is 0 Å². The molecule has 0 heterocycles. The van der Waals surface area contributed by atoms with Crippen molar-refractivity contribution in [3.8, 4) is 0 Å². The van der Waals surface area contributed by atoms with Crippen LogP contribution in [0, 0.1) is 5.41 Å². The summed E-state index contributed by atoms with van der Waals surface area (Å²) in [6.07, 6.45) is 5.09. The Bertz CT molecular complexity index is 545. The van der Waals surface area contributed by atoms with Crippen molar-refractivity contribution in [3.05, 3.63) is 41.5 Å². The van der Waals surface area contributed by atoms with Gasteiger partial charge in [0.2, 0.25) is 5.91 Å². The molecule has 5 nitrogen and oxygen atoms in total. The minimum absolute atomic E-state index is 0.0847. The Kier molecular flexibility index (Phi) is 4.75. The number of aliphatic hydroxyl groups is 1. The molecule has 2 rings (SSSR count). The highest BCUT2D eigenvalue weighted by atomic mass is 16.3. The van der Waals surface area contributed by atoms with Crippen molar-refractivity contribution >= 4 is 17.9 Å². The van der Waals surface area contributed by atoms with Gasteiger partial charge in [0, 0.05) is 30.6 Å². The normalized spacial score (nSPS) is 15.7. The predicted molar refractivity (Wildman–Crippen MR) is 80.6 cm³/mol. The summed E-state index contributed by atoms with van der Waals surface area (Å²) in [4.78, 5) is 23.1. The Balaban J connectivity index is 1.85. The first-order valence-electron chi connectivity index (χ1n) is 6.97. The van der Waals surface area contributed by atoms with Crippen LogP contribution < -0.4 is 10.6 Å². The van der Waals surface area contributed by atoms with E-state index < -0.39 is 0 Å². The summed E-state index contributed by atoms with van der Waals surface area (Å²) in [6.45, 7) is 0.639. The zero-order chi connectivity index (χ0) is 15.3. The van der Waals surface area contributed by atoms with Gasteiger partial charge in [-0.3, -0.25) is 9.59 Å². The maximum absolute atomic E-state index is 11.7. The Morgan fingerprint density at radius 3 is 2.48 bits per heavy atom. The highest BCUT2D eigenvalue weighted by Gasteiger charge is 2.41. The number of nitrogens with one attached hydrogen (secondary N) is 2. The number of carbonyl (C=O) groups excluding carboxylic acids is 2. The molecule has 112 valence electrons. The molecule has 2 amide bonds. The molecule has 0 spiro atoms. The van der Waals surface area contributed by atoms with Crippen LogP contribution in [-0.4, -0.2) is 37.1 Å². The van der Waals surface area contributed by atoms with Gasteiger partial charge in [-0.15, -0.1) is 0 Å². The van der Waals surface area contributed by atoms with Crippen molar-refractivity contribution in [1.29, 1.82) is 0 Å². The van der Waals surface area contributed by atoms with Crippen molar-refractivity contribution in [2.45, 2.75) is 12.8 Å². The molecule has 0 atom stereocenters. The average molecular weight is 288 g/mol. The molecule has 1 aromatic rings. The maximum atomic E-state index is 11.7. The molecule has 0 unspecified atom stereocenters. The van der Waals surface area contributed by atoms with E-state index in [1.807, 2.05) is 0 Å². The van der Waals surface area contributed by atoms with Crippen LogP contribution in [0.3, 0.4) is 0 Å². The molecule has 5 heteroatoms. The van der Waals surface area contributed by atoms with E-state index in [0.717, 1.165) is 18.4 Å². The minimum Gasteiger partial charge on any atom is -0.396 e. The molecule has 1 aromatic carbocycles. The quantitative estimate of drug-likeness (QED) is 0.682. The van der Waals surface area contributed by atoms with Gasteiger partial charge in [-0.05, 0) is 36.6 Å². The number of hydrogen-bond acceptors (Lipinski definition) is 3. The van der Waals surface area contributed by atoms with Crippen molar-refractivity contribution in [3.63, 3.8) is 0 Å². The topological polar surface area (TPSA) is 78.4 Å². The maximum Gasteiger partial charge on any atom is 0.251 e. The third-order valence-electron chi connectivity index (χ3n) is 3.76. The molecule has 1 saturated carbocycles. The van der Waals surface area contributed by atoms with Gasteiger partial charge in [-0.1, -0.05) is 12.1 Å². The van der Waals surface area contributed by atoms with Crippen LogP contribution in [0.15, 0.2) is 30.3 Å². The minimum atomic E-state index is -0.176. The number of carbonyl (C=O) groups is 2. The number of rotatable bonds is 6. The second-order valence-corrected chi connectivity index (χ2v) is 5.41. The summed E-state index contributed by atoms with van der Waals surface area (Å²) in [5.41, 5.74) is 1.34. The third kappa shape index (κ3) is 4.16. The largest absolute Gasteiger partial charge is 0.396 e. The highest BCUT2D eigenvalue weighted by Crippen LogP contribution is 2.44. The van der Waals surface area contributed by atoms with Gasteiger partial charge in [0.15, 0.2) is 0 Å². The summed E-state index contributed by atoms with van der Waals surface area (Å²) < 4.78 is 0. The third-order valence-corrected chi connectivity index (χ3v) is 3.76. The predicted octanol–water partition coefficient (Wildman–Crippen LogP) is 0.948. The Hall–Kier alpha value is -2.14. The Morgan fingerprint density at radius 2 is 1.95 bits per heavy atom. The molecule has 0 bridgehead atoms. The van der Waals surface area contributed by atoms with Crippen LogP contribution >= 0.6 is 0 Å². The molecular weight excluding hydrogens is 268 g/mol. The first-order chi connectivity index (χ1) is 10.1. The molecule has 1 aliphatic rings. The van der Waals surface area contributed by atoms with Gasteiger partial charge in [-0.25, -0.2) is 0 Å². The average Bonchev–Trinajstić information content (AvgIpc) is 3.31. The van der Waals surface area contributed by atoms with Crippen LogP contribution in [0.25, 0.3) is 6.08 Å². The summed E-state index contributed by atoms with van der Waals surface area (Å²) in [5.74, 6) is -0.313. The Labute approximate surface area is 124 Å². The zero-order valence-corrected chi connectivity index (χ0v) is 12.1. The van der Waals surface area contributed by atoms with Gasteiger partial charge in [0.1, 0.15) is 0 Å².